The maximum atomic E-state index is 12.1. The van der Waals surface area contributed by atoms with E-state index in [0.29, 0.717) is 22.8 Å². The summed E-state index contributed by atoms with van der Waals surface area (Å²) in [5.41, 5.74) is 0.522. The van der Waals surface area contributed by atoms with E-state index < -0.39 is 0 Å². The minimum atomic E-state index is -0.323. The van der Waals surface area contributed by atoms with Crippen LogP contribution in [0.5, 0.6) is 0 Å². The van der Waals surface area contributed by atoms with E-state index in [9.17, 15) is 4.79 Å². The Morgan fingerprint density at radius 2 is 2.25 bits per heavy atom. The molecule has 0 N–H and O–H groups in total. The number of carbonyl (C=O) groups is 1. The van der Waals surface area contributed by atoms with Gasteiger partial charge in [0.2, 0.25) is 0 Å². The van der Waals surface area contributed by atoms with Crippen molar-refractivity contribution in [3.63, 3.8) is 0 Å². The van der Waals surface area contributed by atoms with Gasteiger partial charge in [-0.05, 0) is 43.4 Å². The molecule has 2 rings (SSSR count). The zero-order chi connectivity index (χ0) is 14.9. The van der Waals surface area contributed by atoms with E-state index in [1.807, 2.05) is 7.05 Å². The standard InChI is InChI=1S/C13H21BrN4O2/c1-5-20-13(19)10-11(14)15-17(4)12(10)18-7-6-9(8-18)16(2)3/h9H,5-8H2,1-4H3. The number of aryl methyl sites for hydroxylation is 1. The van der Waals surface area contributed by atoms with Crippen molar-refractivity contribution in [2.45, 2.75) is 19.4 Å². The number of carbonyl (C=O) groups excluding carboxylic acids is 1. The molecule has 0 saturated carbocycles. The number of halogens is 1. The molecular weight excluding hydrogens is 324 g/mol. The molecule has 1 fully saturated rings. The van der Waals surface area contributed by atoms with Crippen molar-refractivity contribution < 1.29 is 9.53 Å². The minimum Gasteiger partial charge on any atom is -0.462 e. The summed E-state index contributed by atoms with van der Waals surface area (Å²) >= 11 is 3.36. The van der Waals surface area contributed by atoms with E-state index in [-0.39, 0.29) is 5.97 Å². The largest absolute Gasteiger partial charge is 0.462 e. The molecule has 1 saturated heterocycles. The van der Waals surface area contributed by atoms with E-state index in [0.717, 1.165) is 25.3 Å². The summed E-state index contributed by atoms with van der Waals surface area (Å²) < 4.78 is 7.42. The predicted octanol–water partition coefficient (Wildman–Crippen LogP) is 1.50. The van der Waals surface area contributed by atoms with Crippen molar-refractivity contribution in [2.24, 2.45) is 7.05 Å². The molecule has 1 atom stereocenters. The molecule has 0 bridgehead atoms. The first kappa shape index (κ1) is 15.3. The molecule has 1 aromatic rings. The smallest absolute Gasteiger partial charge is 0.344 e. The molecule has 20 heavy (non-hydrogen) atoms. The number of aromatic nitrogens is 2. The average molecular weight is 345 g/mol. The number of nitrogens with zero attached hydrogens (tertiary/aromatic N) is 4. The van der Waals surface area contributed by atoms with Crippen LogP contribution in [0.15, 0.2) is 4.60 Å². The third-order valence-corrected chi connectivity index (χ3v) is 4.20. The first-order valence-corrected chi connectivity index (χ1v) is 7.56. The second kappa shape index (κ2) is 6.13. The Kier molecular flexibility index (Phi) is 4.70. The molecule has 7 heteroatoms. The SMILES string of the molecule is CCOC(=O)c1c(Br)nn(C)c1N1CCC(N(C)C)C1. The summed E-state index contributed by atoms with van der Waals surface area (Å²) in [6.07, 6.45) is 1.08. The van der Waals surface area contributed by atoms with Gasteiger partial charge in [0.25, 0.3) is 0 Å². The number of likely N-dealkylation sites (N-methyl/N-ethyl adjacent to an activating group) is 1. The lowest BCUT2D eigenvalue weighted by Gasteiger charge is -2.22. The Hall–Kier alpha value is -1.08. The van der Waals surface area contributed by atoms with Gasteiger partial charge in [0, 0.05) is 26.2 Å². The fourth-order valence-corrected chi connectivity index (χ4v) is 3.16. The van der Waals surface area contributed by atoms with Gasteiger partial charge < -0.3 is 14.5 Å². The number of hydrogen-bond donors (Lipinski definition) is 0. The lowest BCUT2D eigenvalue weighted by Crippen LogP contribution is -2.32. The molecule has 112 valence electrons. The lowest BCUT2D eigenvalue weighted by molar-refractivity contribution is 0.0526. The number of hydrogen-bond acceptors (Lipinski definition) is 5. The summed E-state index contributed by atoms with van der Waals surface area (Å²) in [6.45, 7) is 3.98. The maximum Gasteiger partial charge on any atom is 0.344 e. The van der Waals surface area contributed by atoms with E-state index in [4.69, 9.17) is 4.74 Å². The van der Waals surface area contributed by atoms with Crippen LogP contribution in [-0.2, 0) is 11.8 Å². The van der Waals surface area contributed by atoms with E-state index in [1.54, 1.807) is 11.6 Å². The van der Waals surface area contributed by atoms with E-state index in [2.05, 4.69) is 44.9 Å². The normalized spacial score (nSPS) is 18.9. The van der Waals surface area contributed by atoms with Crippen molar-refractivity contribution in [1.82, 2.24) is 14.7 Å². The molecule has 2 heterocycles. The molecule has 0 aliphatic carbocycles. The zero-order valence-electron chi connectivity index (χ0n) is 12.4. The fraction of sp³-hybridized carbons (Fsp3) is 0.692. The van der Waals surface area contributed by atoms with Crippen LogP contribution in [0.4, 0.5) is 5.82 Å². The van der Waals surface area contributed by atoms with Crippen molar-refractivity contribution in [3.05, 3.63) is 10.2 Å². The zero-order valence-corrected chi connectivity index (χ0v) is 14.0. The maximum absolute atomic E-state index is 12.1. The van der Waals surface area contributed by atoms with Gasteiger partial charge in [-0.1, -0.05) is 0 Å². The van der Waals surface area contributed by atoms with Gasteiger partial charge >= 0.3 is 5.97 Å². The van der Waals surface area contributed by atoms with Gasteiger partial charge in [-0.3, -0.25) is 4.68 Å². The average Bonchev–Trinajstić information content (AvgIpc) is 2.93. The van der Waals surface area contributed by atoms with Gasteiger partial charge in [-0.15, -0.1) is 0 Å². The second-order valence-electron chi connectivity index (χ2n) is 5.19. The van der Waals surface area contributed by atoms with Crippen LogP contribution in [0.3, 0.4) is 0 Å². The van der Waals surface area contributed by atoms with E-state index in [1.165, 1.54) is 0 Å². The van der Waals surface area contributed by atoms with Gasteiger partial charge in [0.05, 0.1) is 6.61 Å². The minimum absolute atomic E-state index is 0.323. The van der Waals surface area contributed by atoms with Gasteiger partial charge in [-0.25, -0.2) is 4.79 Å². The molecule has 6 nitrogen and oxygen atoms in total. The van der Waals surface area contributed by atoms with Crippen molar-refractivity contribution >= 4 is 27.7 Å². The number of rotatable bonds is 4. The van der Waals surface area contributed by atoms with Crippen LogP contribution in [0.25, 0.3) is 0 Å². The van der Waals surface area contributed by atoms with Gasteiger partial charge in [0.15, 0.2) is 0 Å². The van der Waals surface area contributed by atoms with Crippen LogP contribution >= 0.6 is 15.9 Å². The Bertz CT molecular complexity index is 501. The predicted molar refractivity (Wildman–Crippen MR) is 81.2 cm³/mol. The monoisotopic (exact) mass is 344 g/mol. The van der Waals surface area contributed by atoms with Crippen LogP contribution in [0.2, 0.25) is 0 Å². The fourth-order valence-electron chi connectivity index (χ4n) is 2.58. The summed E-state index contributed by atoms with van der Waals surface area (Å²) in [6, 6.07) is 0.499. The van der Waals surface area contributed by atoms with Crippen molar-refractivity contribution in [2.75, 3.05) is 38.7 Å². The van der Waals surface area contributed by atoms with Crippen molar-refractivity contribution in [1.29, 1.82) is 0 Å². The Morgan fingerprint density at radius 1 is 1.55 bits per heavy atom. The lowest BCUT2D eigenvalue weighted by atomic mass is 10.2. The summed E-state index contributed by atoms with van der Waals surface area (Å²) in [5, 5.41) is 4.31. The molecule has 1 aromatic heterocycles. The molecule has 1 aliphatic heterocycles. The van der Waals surface area contributed by atoms with Crippen LogP contribution in [0, 0.1) is 0 Å². The molecule has 1 unspecified atom stereocenters. The Labute approximate surface area is 127 Å². The quantitative estimate of drug-likeness (QED) is 0.774. The molecule has 1 aliphatic rings. The summed E-state index contributed by atoms with van der Waals surface area (Å²) in [5.74, 6) is 0.510. The first-order chi connectivity index (χ1) is 9.45. The highest BCUT2D eigenvalue weighted by atomic mass is 79.9. The summed E-state index contributed by atoms with van der Waals surface area (Å²) in [4.78, 5) is 16.5. The first-order valence-electron chi connectivity index (χ1n) is 6.76. The second-order valence-corrected chi connectivity index (χ2v) is 5.94. The topological polar surface area (TPSA) is 50.6 Å². The van der Waals surface area contributed by atoms with E-state index >= 15 is 0 Å². The molecule has 0 spiro atoms. The number of ether oxygens (including phenoxy) is 1. The van der Waals surface area contributed by atoms with Crippen LogP contribution in [-0.4, -0.2) is 60.5 Å². The number of anilines is 1. The van der Waals surface area contributed by atoms with Crippen LogP contribution in [0.1, 0.15) is 23.7 Å². The van der Waals surface area contributed by atoms with Gasteiger partial charge in [0.1, 0.15) is 16.0 Å². The molecule has 0 radical (unpaired) electrons. The third-order valence-electron chi connectivity index (χ3n) is 3.65. The molecule has 0 aromatic carbocycles. The number of esters is 1. The molecule has 0 amide bonds. The third kappa shape index (κ3) is 2.83. The highest BCUT2D eigenvalue weighted by Crippen LogP contribution is 2.31. The van der Waals surface area contributed by atoms with Crippen molar-refractivity contribution in [3.8, 4) is 0 Å². The molecular formula is C13H21BrN4O2. The highest BCUT2D eigenvalue weighted by molar-refractivity contribution is 9.10. The van der Waals surface area contributed by atoms with Crippen LogP contribution < -0.4 is 4.90 Å². The Morgan fingerprint density at radius 3 is 2.80 bits per heavy atom. The highest BCUT2D eigenvalue weighted by Gasteiger charge is 2.31. The Balaban J connectivity index is 2.30. The summed E-state index contributed by atoms with van der Waals surface area (Å²) in [7, 11) is 6.02. The van der Waals surface area contributed by atoms with Gasteiger partial charge in [-0.2, -0.15) is 5.10 Å².